The molecular formula is C41H63N9O12. The first-order valence-corrected chi connectivity index (χ1v) is 20.3. The molecule has 0 aliphatic rings. The molecule has 0 fully saturated rings. The molecule has 0 radical (unpaired) electrons. The van der Waals surface area contributed by atoms with E-state index in [1.54, 1.807) is 27.7 Å². The number of Topliss-reactive ketones (excluding diaryl/α,β-unsaturated/α-hetero) is 1. The minimum Gasteiger partial charge on any atom is -0.508 e. The van der Waals surface area contributed by atoms with E-state index in [4.69, 9.17) is 0 Å². The average molecular weight is 874 g/mol. The maximum absolute atomic E-state index is 14.2. The summed E-state index contributed by atoms with van der Waals surface area (Å²) in [7, 11) is 0. The number of hydrogen-bond acceptors (Lipinski definition) is 13. The fourth-order valence-corrected chi connectivity index (χ4v) is 6.25. The number of imidazole rings is 1. The van der Waals surface area contributed by atoms with Crippen LogP contribution in [0, 0.1) is 11.8 Å². The SMILES string of the molecule is CCC(C)C(C)(NC(=O)[C@H](CC(C)C)NC(=O)[C@H](CO)NC(=O)C(NC(=O)[C@H](Cc1ccc(O)cc1)NC(C)=O)[C@@H](C)O)C(=O)N[C@@H](Cc1cnc[nH]1)C(=O)N[C@@H](CO)C(C)=O. The van der Waals surface area contributed by atoms with Crippen molar-refractivity contribution in [1.82, 2.24) is 47.2 Å². The van der Waals surface area contributed by atoms with Gasteiger partial charge in [0, 0.05) is 31.7 Å². The lowest BCUT2D eigenvalue weighted by Gasteiger charge is -2.37. The molecule has 9 atom stereocenters. The molecule has 0 aliphatic carbocycles. The van der Waals surface area contributed by atoms with Gasteiger partial charge >= 0.3 is 0 Å². The van der Waals surface area contributed by atoms with Crippen molar-refractivity contribution in [2.45, 2.75) is 129 Å². The van der Waals surface area contributed by atoms with Gasteiger partial charge in [-0.2, -0.15) is 0 Å². The van der Waals surface area contributed by atoms with Crippen LogP contribution < -0.4 is 37.2 Å². The number of carbonyl (C=O) groups excluding carboxylic acids is 8. The number of phenols is 1. The van der Waals surface area contributed by atoms with Gasteiger partial charge in [0.2, 0.25) is 41.4 Å². The van der Waals surface area contributed by atoms with Crippen LogP contribution in [0.25, 0.3) is 0 Å². The first-order chi connectivity index (χ1) is 29.1. The number of aliphatic hydroxyl groups excluding tert-OH is 3. The number of aromatic hydroxyl groups is 1. The first-order valence-electron chi connectivity index (χ1n) is 20.3. The molecule has 21 heteroatoms. The van der Waals surface area contributed by atoms with Crippen molar-refractivity contribution in [1.29, 1.82) is 0 Å². The van der Waals surface area contributed by atoms with Crippen molar-refractivity contribution in [2.24, 2.45) is 11.8 Å². The maximum Gasteiger partial charge on any atom is 0.246 e. The summed E-state index contributed by atoms with van der Waals surface area (Å²) in [4.78, 5) is 113. The van der Waals surface area contributed by atoms with Gasteiger partial charge in [-0.3, -0.25) is 38.4 Å². The highest BCUT2D eigenvalue weighted by molar-refractivity contribution is 5.99. The fourth-order valence-electron chi connectivity index (χ4n) is 6.25. The maximum atomic E-state index is 14.2. The van der Waals surface area contributed by atoms with Crippen molar-refractivity contribution < 1.29 is 58.8 Å². The highest BCUT2D eigenvalue weighted by Crippen LogP contribution is 2.22. The normalized spacial score (nSPS) is 16.1. The zero-order chi connectivity index (χ0) is 46.9. The molecule has 3 unspecified atom stereocenters. The number of aliphatic hydroxyl groups is 3. The molecule has 1 aromatic heterocycles. The van der Waals surface area contributed by atoms with E-state index in [1.165, 1.54) is 64.5 Å². The van der Waals surface area contributed by atoms with E-state index in [-0.39, 0.29) is 30.9 Å². The minimum atomic E-state index is -1.71. The van der Waals surface area contributed by atoms with Gasteiger partial charge in [-0.1, -0.05) is 46.2 Å². The molecule has 0 saturated carbocycles. The number of H-pyrrole nitrogens is 1. The molecule has 1 heterocycles. The standard InChI is InChI=1S/C41H63N9O12/c1-9-22(4)41(8,40(62)48-31(16-27-17-42-20-43-27)35(57)46-32(18-51)23(5)53)50-38(60)29(14-21(2)3)45-37(59)33(19-52)47-39(61)34(24(6)54)49-36(58)30(44-25(7)55)15-26-10-12-28(56)13-11-26/h10-13,17,20-22,24,29-34,51-52,54,56H,9,14-16,18-19H2,1-8H3,(H,42,43)(H,44,55)(H,45,59)(H,46,57)(H,47,61)(H,48,62)(H,49,58)(H,50,60)/t22?,24-,29+,30+,31+,32+,33+,34?,41?/m1/s1. The van der Waals surface area contributed by atoms with E-state index in [0.29, 0.717) is 17.7 Å². The second-order valence-electron chi connectivity index (χ2n) is 15.9. The summed E-state index contributed by atoms with van der Waals surface area (Å²) in [6.07, 6.45) is 1.50. The summed E-state index contributed by atoms with van der Waals surface area (Å²) < 4.78 is 0. The molecule has 12 N–H and O–H groups in total. The number of ketones is 1. The number of nitrogens with one attached hydrogen (secondary N) is 8. The van der Waals surface area contributed by atoms with Gasteiger partial charge in [0.1, 0.15) is 47.5 Å². The fraction of sp³-hybridized carbons (Fsp3) is 0.585. The molecule has 21 nitrogen and oxygen atoms in total. The van der Waals surface area contributed by atoms with Crippen LogP contribution in [0.3, 0.4) is 0 Å². The number of aromatic amines is 1. The Morgan fingerprint density at radius 2 is 1.26 bits per heavy atom. The van der Waals surface area contributed by atoms with Crippen molar-refractivity contribution in [3.63, 3.8) is 0 Å². The number of amides is 7. The van der Waals surface area contributed by atoms with E-state index in [0.717, 1.165) is 0 Å². The number of nitrogens with zero attached hydrogens (tertiary/aromatic N) is 1. The Balaban J connectivity index is 2.31. The van der Waals surface area contributed by atoms with Gasteiger partial charge in [-0.15, -0.1) is 0 Å². The lowest BCUT2D eigenvalue weighted by Crippen LogP contribution is -2.66. The zero-order valence-corrected chi connectivity index (χ0v) is 36.4. The van der Waals surface area contributed by atoms with Crippen LogP contribution in [0.5, 0.6) is 5.75 Å². The molecule has 344 valence electrons. The topological polar surface area (TPSA) is 330 Å². The van der Waals surface area contributed by atoms with Gasteiger partial charge in [0.05, 0.1) is 25.6 Å². The molecule has 62 heavy (non-hydrogen) atoms. The van der Waals surface area contributed by atoms with Crippen LogP contribution in [0.15, 0.2) is 36.8 Å². The summed E-state index contributed by atoms with van der Waals surface area (Å²) in [6.45, 7) is 10.4. The van der Waals surface area contributed by atoms with Crippen molar-refractivity contribution in [3.8, 4) is 5.75 Å². The number of aromatic nitrogens is 2. The lowest BCUT2D eigenvalue weighted by atomic mass is 9.83. The third-order valence-electron chi connectivity index (χ3n) is 10.3. The molecular weight excluding hydrogens is 811 g/mol. The quantitative estimate of drug-likeness (QED) is 0.0503. The molecule has 2 aromatic rings. The molecule has 2 rings (SSSR count). The van der Waals surface area contributed by atoms with Gasteiger partial charge in [-0.05, 0) is 56.7 Å². The summed E-state index contributed by atoms with van der Waals surface area (Å²) in [5, 5.41) is 57.5. The van der Waals surface area contributed by atoms with E-state index < -0.39 is 114 Å². The Kier molecular flexibility index (Phi) is 20.6. The Hall–Kier alpha value is -5.93. The number of carbonyl (C=O) groups is 8. The van der Waals surface area contributed by atoms with Crippen LogP contribution in [-0.4, -0.2) is 139 Å². The number of benzene rings is 1. The van der Waals surface area contributed by atoms with Gasteiger partial charge in [-0.25, -0.2) is 4.98 Å². The van der Waals surface area contributed by atoms with Crippen LogP contribution in [-0.2, 0) is 51.2 Å². The van der Waals surface area contributed by atoms with Crippen molar-refractivity contribution in [3.05, 3.63) is 48.0 Å². The number of rotatable bonds is 25. The summed E-state index contributed by atoms with van der Waals surface area (Å²) in [6, 6.07) is -2.64. The van der Waals surface area contributed by atoms with E-state index >= 15 is 0 Å². The highest BCUT2D eigenvalue weighted by atomic mass is 16.3. The molecule has 0 aliphatic heterocycles. The summed E-state index contributed by atoms with van der Waals surface area (Å²) >= 11 is 0. The van der Waals surface area contributed by atoms with Crippen LogP contribution >= 0.6 is 0 Å². The molecule has 0 spiro atoms. The molecule has 1 aromatic carbocycles. The average Bonchev–Trinajstić information content (AvgIpc) is 3.72. The van der Waals surface area contributed by atoms with Crippen LogP contribution in [0.1, 0.15) is 79.5 Å². The third-order valence-corrected chi connectivity index (χ3v) is 10.3. The van der Waals surface area contributed by atoms with Gasteiger partial charge in [0.15, 0.2) is 5.78 Å². The molecule has 0 bridgehead atoms. The van der Waals surface area contributed by atoms with Crippen molar-refractivity contribution >= 4 is 47.1 Å². The summed E-state index contributed by atoms with van der Waals surface area (Å²) in [5.74, 6) is -7.24. The largest absolute Gasteiger partial charge is 0.508 e. The monoisotopic (exact) mass is 873 g/mol. The third kappa shape index (κ3) is 15.8. The van der Waals surface area contributed by atoms with Gasteiger partial charge < -0.3 is 62.6 Å². The molecule has 0 saturated heterocycles. The molecule has 7 amide bonds. The second kappa shape index (κ2) is 24.5. The van der Waals surface area contributed by atoms with Crippen LogP contribution in [0.4, 0.5) is 0 Å². The Bertz CT molecular complexity index is 1840. The smallest absolute Gasteiger partial charge is 0.246 e. The Labute approximate surface area is 360 Å². The number of hydrogen-bond donors (Lipinski definition) is 12. The Morgan fingerprint density at radius 3 is 1.76 bits per heavy atom. The zero-order valence-electron chi connectivity index (χ0n) is 36.4. The van der Waals surface area contributed by atoms with Crippen LogP contribution in [0.2, 0.25) is 0 Å². The minimum absolute atomic E-state index is 0.0218. The Morgan fingerprint density at radius 1 is 0.710 bits per heavy atom. The van der Waals surface area contributed by atoms with E-state index in [2.05, 4.69) is 47.2 Å². The first kappa shape index (κ1) is 52.2. The summed E-state index contributed by atoms with van der Waals surface area (Å²) in [5.41, 5.74) is -0.702. The predicted octanol–water partition coefficient (Wildman–Crippen LogP) is -2.25. The highest BCUT2D eigenvalue weighted by Gasteiger charge is 2.43. The van der Waals surface area contributed by atoms with E-state index in [1.807, 2.05) is 0 Å². The number of phenolic OH excluding ortho intramolecular Hbond substituents is 1. The predicted molar refractivity (Wildman–Crippen MR) is 223 cm³/mol. The van der Waals surface area contributed by atoms with Crippen molar-refractivity contribution in [2.75, 3.05) is 13.2 Å². The lowest BCUT2D eigenvalue weighted by molar-refractivity contribution is -0.140. The van der Waals surface area contributed by atoms with E-state index in [9.17, 15) is 58.8 Å². The van der Waals surface area contributed by atoms with Gasteiger partial charge in [0.25, 0.3) is 0 Å². The second-order valence-corrected chi connectivity index (χ2v) is 15.9.